The van der Waals surface area contributed by atoms with Gasteiger partial charge in [0, 0.05) is 24.5 Å². The Balaban J connectivity index is 1.52. The van der Waals surface area contributed by atoms with E-state index < -0.39 is 0 Å². The number of ether oxygens (including phenoxy) is 2. The van der Waals surface area contributed by atoms with Gasteiger partial charge in [0.25, 0.3) is 0 Å². The highest BCUT2D eigenvalue weighted by Crippen LogP contribution is 2.23. The third-order valence-corrected chi connectivity index (χ3v) is 4.15. The molecule has 2 aromatic rings. The fourth-order valence-electron chi connectivity index (χ4n) is 2.85. The Kier molecular flexibility index (Phi) is 6.33. The van der Waals surface area contributed by atoms with Gasteiger partial charge in [0.15, 0.2) is 0 Å². The molecule has 0 saturated carbocycles. The molecule has 1 saturated heterocycles. The molecule has 2 aromatic carbocycles. The highest BCUT2D eigenvalue weighted by atomic mass is 16.5. The van der Waals surface area contributed by atoms with Gasteiger partial charge in [0.1, 0.15) is 5.75 Å². The molecule has 0 unspecified atom stereocenters. The van der Waals surface area contributed by atoms with Gasteiger partial charge in [-0.1, -0.05) is 12.1 Å². The van der Waals surface area contributed by atoms with Gasteiger partial charge in [-0.25, -0.2) is 0 Å². The lowest BCUT2D eigenvalue weighted by Gasteiger charge is -2.28. The van der Waals surface area contributed by atoms with Crippen molar-refractivity contribution >= 4 is 23.0 Å². The van der Waals surface area contributed by atoms with Gasteiger partial charge < -0.3 is 25.0 Å². The Morgan fingerprint density at radius 2 is 1.85 bits per heavy atom. The Bertz CT molecular complexity index is 712. The topological polar surface area (TPSA) is 62.8 Å². The minimum absolute atomic E-state index is 0.101. The van der Waals surface area contributed by atoms with Crippen LogP contribution in [0.4, 0.5) is 17.1 Å². The number of hydrogen-bond acceptors (Lipinski definition) is 5. The summed E-state index contributed by atoms with van der Waals surface area (Å²) in [7, 11) is 0. The first-order valence-electron chi connectivity index (χ1n) is 8.94. The third-order valence-electron chi connectivity index (χ3n) is 4.15. The lowest BCUT2D eigenvalue weighted by molar-refractivity contribution is -0.114. The Hall–Kier alpha value is -2.73. The lowest BCUT2D eigenvalue weighted by atomic mass is 10.2. The van der Waals surface area contributed by atoms with Crippen LogP contribution in [0.25, 0.3) is 0 Å². The summed E-state index contributed by atoms with van der Waals surface area (Å²) in [6.07, 6.45) is 0. The smallest absolute Gasteiger partial charge is 0.243 e. The van der Waals surface area contributed by atoms with Crippen molar-refractivity contribution < 1.29 is 14.3 Å². The van der Waals surface area contributed by atoms with E-state index in [1.54, 1.807) is 0 Å². The number of rotatable bonds is 7. The minimum atomic E-state index is -0.101. The van der Waals surface area contributed by atoms with Gasteiger partial charge in [-0.2, -0.15) is 0 Å². The molecule has 1 aliphatic rings. The van der Waals surface area contributed by atoms with Crippen LogP contribution in [-0.2, 0) is 9.53 Å². The number of amides is 1. The van der Waals surface area contributed by atoms with Gasteiger partial charge >= 0.3 is 0 Å². The molecular formula is C20H25N3O3. The van der Waals surface area contributed by atoms with Crippen LogP contribution < -0.4 is 20.3 Å². The number of morpholine rings is 1. The van der Waals surface area contributed by atoms with Crippen molar-refractivity contribution in [3.8, 4) is 5.75 Å². The highest BCUT2D eigenvalue weighted by molar-refractivity contribution is 5.94. The molecule has 1 fully saturated rings. The Morgan fingerprint density at radius 3 is 2.58 bits per heavy atom. The molecule has 1 aliphatic heterocycles. The van der Waals surface area contributed by atoms with Gasteiger partial charge in [0.05, 0.1) is 32.1 Å². The quantitative estimate of drug-likeness (QED) is 0.799. The monoisotopic (exact) mass is 355 g/mol. The van der Waals surface area contributed by atoms with Crippen molar-refractivity contribution in [1.29, 1.82) is 0 Å². The largest absolute Gasteiger partial charge is 0.492 e. The molecule has 0 bridgehead atoms. The van der Waals surface area contributed by atoms with E-state index in [-0.39, 0.29) is 12.5 Å². The molecule has 0 aliphatic carbocycles. The maximum atomic E-state index is 12.2. The summed E-state index contributed by atoms with van der Waals surface area (Å²) in [5, 5.41) is 6.03. The fourth-order valence-corrected chi connectivity index (χ4v) is 2.85. The number of carbonyl (C=O) groups excluding carboxylic acids is 1. The minimum Gasteiger partial charge on any atom is -0.492 e. The van der Waals surface area contributed by atoms with Gasteiger partial charge in [-0.05, 0) is 43.3 Å². The molecule has 1 amide bonds. The maximum absolute atomic E-state index is 12.2. The van der Waals surface area contributed by atoms with Crippen LogP contribution in [0, 0.1) is 0 Å². The molecule has 6 nitrogen and oxygen atoms in total. The second-order valence-corrected chi connectivity index (χ2v) is 5.98. The van der Waals surface area contributed by atoms with Gasteiger partial charge in [0.2, 0.25) is 5.91 Å². The number of anilines is 3. The van der Waals surface area contributed by atoms with Crippen molar-refractivity contribution in [3.05, 3.63) is 48.5 Å². The predicted molar refractivity (Wildman–Crippen MR) is 104 cm³/mol. The van der Waals surface area contributed by atoms with E-state index in [0.717, 1.165) is 49.1 Å². The summed E-state index contributed by atoms with van der Waals surface area (Å²) < 4.78 is 10.9. The van der Waals surface area contributed by atoms with Crippen molar-refractivity contribution in [1.82, 2.24) is 0 Å². The average Bonchev–Trinajstić information content (AvgIpc) is 2.69. The van der Waals surface area contributed by atoms with Crippen LogP contribution >= 0.6 is 0 Å². The molecule has 2 N–H and O–H groups in total. The zero-order valence-electron chi connectivity index (χ0n) is 15.0. The number of hydrogen-bond donors (Lipinski definition) is 2. The summed E-state index contributed by atoms with van der Waals surface area (Å²) in [6.45, 7) is 6.00. The van der Waals surface area contributed by atoms with Crippen molar-refractivity contribution in [2.24, 2.45) is 0 Å². The Morgan fingerprint density at radius 1 is 1.12 bits per heavy atom. The molecular weight excluding hydrogens is 330 g/mol. The summed E-state index contributed by atoms with van der Waals surface area (Å²) in [5.74, 6) is 0.646. The summed E-state index contributed by atoms with van der Waals surface area (Å²) in [6, 6.07) is 15.5. The maximum Gasteiger partial charge on any atom is 0.243 e. The summed E-state index contributed by atoms with van der Waals surface area (Å²) >= 11 is 0. The summed E-state index contributed by atoms with van der Waals surface area (Å²) in [4.78, 5) is 14.5. The van der Waals surface area contributed by atoms with E-state index in [1.807, 2.05) is 55.5 Å². The Labute approximate surface area is 154 Å². The molecule has 3 rings (SSSR count). The first-order valence-corrected chi connectivity index (χ1v) is 8.94. The molecule has 1 heterocycles. The number of para-hydroxylation sites is 2. The van der Waals surface area contributed by atoms with E-state index in [0.29, 0.717) is 6.61 Å². The van der Waals surface area contributed by atoms with Crippen LogP contribution in [0.1, 0.15) is 6.92 Å². The SMILES string of the molecule is CCOc1ccccc1NCC(=O)Nc1ccc(N2CCOCC2)cc1. The van der Waals surface area contributed by atoms with Crippen LogP contribution in [-0.4, -0.2) is 45.4 Å². The number of nitrogens with one attached hydrogen (secondary N) is 2. The van der Waals surface area contributed by atoms with Crippen molar-refractivity contribution in [3.63, 3.8) is 0 Å². The fraction of sp³-hybridized carbons (Fsp3) is 0.350. The van der Waals surface area contributed by atoms with E-state index in [4.69, 9.17) is 9.47 Å². The number of benzene rings is 2. The molecule has 0 atom stereocenters. The van der Waals surface area contributed by atoms with Crippen LogP contribution in [0.15, 0.2) is 48.5 Å². The average molecular weight is 355 g/mol. The van der Waals surface area contributed by atoms with E-state index in [9.17, 15) is 4.79 Å². The van der Waals surface area contributed by atoms with Crippen molar-refractivity contribution in [2.75, 3.05) is 55.0 Å². The number of carbonyl (C=O) groups is 1. The lowest BCUT2D eigenvalue weighted by Crippen LogP contribution is -2.36. The zero-order chi connectivity index (χ0) is 18.2. The molecule has 0 radical (unpaired) electrons. The van der Waals surface area contributed by atoms with Crippen LogP contribution in [0.2, 0.25) is 0 Å². The predicted octanol–water partition coefficient (Wildman–Crippen LogP) is 2.97. The third kappa shape index (κ3) is 4.89. The second-order valence-electron chi connectivity index (χ2n) is 5.98. The van der Waals surface area contributed by atoms with Crippen LogP contribution in [0.3, 0.4) is 0 Å². The molecule has 6 heteroatoms. The standard InChI is InChI=1S/C20H25N3O3/c1-2-26-19-6-4-3-5-18(19)21-15-20(24)22-16-7-9-17(10-8-16)23-11-13-25-14-12-23/h3-10,21H,2,11-15H2,1H3,(H,22,24). The van der Waals surface area contributed by atoms with E-state index >= 15 is 0 Å². The van der Waals surface area contributed by atoms with Crippen LogP contribution in [0.5, 0.6) is 5.75 Å². The molecule has 0 aromatic heterocycles. The van der Waals surface area contributed by atoms with Gasteiger partial charge in [-0.3, -0.25) is 4.79 Å². The molecule has 26 heavy (non-hydrogen) atoms. The normalized spacial score (nSPS) is 14.0. The first-order chi connectivity index (χ1) is 12.8. The summed E-state index contributed by atoms with van der Waals surface area (Å²) in [5.41, 5.74) is 2.74. The second kappa shape index (κ2) is 9.10. The van der Waals surface area contributed by atoms with Gasteiger partial charge in [-0.15, -0.1) is 0 Å². The van der Waals surface area contributed by atoms with E-state index in [2.05, 4.69) is 15.5 Å². The van der Waals surface area contributed by atoms with Crippen molar-refractivity contribution in [2.45, 2.75) is 6.92 Å². The highest BCUT2D eigenvalue weighted by Gasteiger charge is 2.11. The number of nitrogens with zero attached hydrogens (tertiary/aromatic N) is 1. The zero-order valence-corrected chi connectivity index (χ0v) is 15.0. The molecule has 138 valence electrons. The molecule has 0 spiro atoms. The van der Waals surface area contributed by atoms with E-state index in [1.165, 1.54) is 0 Å². The first kappa shape index (κ1) is 18.1.